The summed E-state index contributed by atoms with van der Waals surface area (Å²) in [7, 11) is 3.52. The second-order valence-corrected chi connectivity index (χ2v) is 12.5. The standard InChI is InChI=1S/C9H2I2OS2Se2/c10-13-5-1-3-7(12)4-2-6(14-11)16-9(4)8(3)15-5/h1-2H. The topological polar surface area (TPSA) is 17.1 Å². The predicted molar refractivity (Wildman–Crippen MR) is 88.9 cm³/mol. The van der Waals surface area contributed by atoms with Gasteiger partial charge < -0.3 is 0 Å². The van der Waals surface area contributed by atoms with Gasteiger partial charge in [-0.15, -0.1) is 0 Å². The average molecular weight is 602 g/mol. The van der Waals surface area contributed by atoms with E-state index in [1.807, 2.05) is 0 Å². The number of hydrogen-bond donors (Lipinski definition) is 0. The normalized spacial score (nSPS) is 13.0. The summed E-state index contributed by atoms with van der Waals surface area (Å²) in [5.74, 6) is 0.273. The van der Waals surface area contributed by atoms with Crippen molar-refractivity contribution >= 4 is 95.1 Å². The first-order valence-corrected chi connectivity index (χ1v) is 14.3. The third-order valence-corrected chi connectivity index (χ3v) is 16.2. The van der Waals surface area contributed by atoms with Gasteiger partial charge in [0, 0.05) is 0 Å². The molecular formula is C9H2I2OS2Se2. The summed E-state index contributed by atoms with van der Waals surface area (Å²) in [5, 5.41) is 0. The molecule has 82 valence electrons. The number of ketones is 1. The number of hydrogen-bond acceptors (Lipinski definition) is 3. The number of carbonyl (C=O) groups excluding carboxylic acids is 1. The van der Waals surface area contributed by atoms with Crippen molar-refractivity contribution in [2.24, 2.45) is 0 Å². The summed E-state index contributed by atoms with van der Waals surface area (Å²) in [4.78, 5) is 12.2. The van der Waals surface area contributed by atoms with Gasteiger partial charge in [-0.1, -0.05) is 0 Å². The maximum absolute atomic E-state index is 12.2. The van der Waals surface area contributed by atoms with Crippen LogP contribution in [0.2, 0.25) is 0 Å². The molecule has 16 heavy (non-hydrogen) atoms. The Kier molecular flexibility index (Phi) is 4.07. The van der Waals surface area contributed by atoms with E-state index in [2.05, 4.69) is 54.5 Å². The summed E-state index contributed by atoms with van der Waals surface area (Å²) >= 11 is 5.38. The molecule has 0 radical (unpaired) electrons. The zero-order valence-electron chi connectivity index (χ0n) is 7.45. The molecular weight excluding hydrogens is 600 g/mol. The first kappa shape index (κ1) is 12.8. The van der Waals surface area contributed by atoms with E-state index < -0.39 is 0 Å². The van der Waals surface area contributed by atoms with Gasteiger partial charge in [-0.3, -0.25) is 0 Å². The summed E-state index contributed by atoms with van der Waals surface area (Å²) in [6.07, 6.45) is 0. The second kappa shape index (κ2) is 5.07. The second-order valence-electron chi connectivity index (χ2n) is 3.10. The van der Waals surface area contributed by atoms with E-state index in [1.165, 1.54) is 16.4 Å². The van der Waals surface area contributed by atoms with Crippen molar-refractivity contribution < 1.29 is 4.79 Å². The average Bonchev–Trinajstić information content (AvgIpc) is 2.94. The van der Waals surface area contributed by atoms with E-state index in [1.54, 1.807) is 17.9 Å². The third-order valence-electron chi connectivity index (χ3n) is 2.27. The van der Waals surface area contributed by atoms with Gasteiger partial charge in [0.2, 0.25) is 0 Å². The molecule has 1 aliphatic rings. The third kappa shape index (κ3) is 1.99. The SMILES string of the molecule is O=C1c2cc(SI)[se]c2-c2[se]c(SI)cc21. The van der Waals surface area contributed by atoms with Crippen molar-refractivity contribution in [3.63, 3.8) is 0 Å². The molecule has 2 aromatic rings. The molecule has 0 atom stereocenters. The molecule has 0 saturated carbocycles. The molecule has 0 spiro atoms. The summed E-state index contributed by atoms with van der Waals surface area (Å²) in [6.45, 7) is 0. The number of rotatable bonds is 2. The molecule has 0 aromatic carbocycles. The summed E-state index contributed by atoms with van der Waals surface area (Å²) in [5.41, 5.74) is 2.00. The Morgan fingerprint density at radius 1 is 0.938 bits per heavy atom. The van der Waals surface area contributed by atoms with E-state index in [0.717, 1.165) is 11.1 Å². The van der Waals surface area contributed by atoms with Crippen LogP contribution in [0, 0.1) is 0 Å². The maximum atomic E-state index is 12.2. The van der Waals surface area contributed by atoms with Crippen molar-refractivity contribution in [3.8, 4) is 8.87 Å². The van der Waals surface area contributed by atoms with E-state index in [4.69, 9.17) is 0 Å². The van der Waals surface area contributed by atoms with Gasteiger partial charge >= 0.3 is 140 Å². The van der Waals surface area contributed by atoms with E-state index in [9.17, 15) is 4.79 Å². The Hall–Kier alpha value is 1.83. The Bertz CT molecular complexity index is 540. The Labute approximate surface area is 137 Å². The van der Waals surface area contributed by atoms with Gasteiger partial charge in [-0.05, 0) is 0 Å². The number of halogens is 2. The van der Waals surface area contributed by atoms with Crippen LogP contribution in [0.4, 0.5) is 0 Å². The molecule has 0 N–H and O–H groups in total. The molecule has 1 aliphatic carbocycles. The number of fused-ring (bicyclic) bond motifs is 3. The van der Waals surface area contributed by atoms with Crippen molar-refractivity contribution in [1.29, 1.82) is 0 Å². The molecule has 3 rings (SSSR count). The van der Waals surface area contributed by atoms with Gasteiger partial charge in [0.25, 0.3) is 0 Å². The van der Waals surface area contributed by atoms with Gasteiger partial charge in [-0.2, -0.15) is 0 Å². The number of carbonyl (C=O) groups is 1. The van der Waals surface area contributed by atoms with E-state index in [-0.39, 0.29) is 5.78 Å². The molecule has 7 heteroatoms. The van der Waals surface area contributed by atoms with Crippen LogP contribution in [0.5, 0.6) is 0 Å². The Balaban J connectivity index is 2.21. The molecule has 0 fully saturated rings. The van der Waals surface area contributed by atoms with Crippen LogP contribution in [0.15, 0.2) is 19.7 Å². The van der Waals surface area contributed by atoms with Crippen LogP contribution >= 0.6 is 60.3 Å². The fourth-order valence-electron chi connectivity index (χ4n) is 1.63. The first-order chi connectivity index (χ1) is 7.74. The molecule has 1 nitrogen and oxygen atoms in total. The molecule has 0 aliphatic heterocycles. The fourth-order valence-corrected chi connectivity index (χ4v) is 11.3. The van der Waals surface area contributed by atoms with Crippen LogP contribution < -0.4 is 0 Å². The molecule has 0 bridgehead atoms. The zero-order chi connectivity index (χ0) is 11.3. The molecule has 0 saturated heterocycles. The fraction of sp³-hybridized carbons (Fsp3) is 0. The van der Waals surface area contributed by atoms with Crippen LogP contribution in [0.25, 0.3) is 8.87 Å². The van der Waals surface area contributed by atoms with Gasteiger partial charge in [-0.25, -0.2) is 0 Å². The van der Waals surface area contributed by atoms with Crippen molar-refractivity contribution in [2.45, 2.75) is 7.54 Å². The minimum absolute atomic E-state index is 0.273. The van der Waals surface area contributed by atoms with Crippen LogP contribution in [-0.4, -0.2) is 34.8 Å². The Morgan fingerprint density at radius 2 is 1.38 bits per heavy atom. The van der Waals surface area contributed by atoms with Gasteiger partial charge in [0.05, 0.1) is 0 Å². The summed E-state index contributed by atoms with van der Waals surface area (Å²) in [6, 6.07) is 4.21. The van der Waals surface area contributed by atoms with E-state index >= 15 is 0 Å². The summed E-state index contributed by atoms with van der Waals surface area (Å²) < 4.78 is 5.51. The van der Waals surface area contributed by atoms with Crippen LogP contribution in [-0.2, 0) is 0 Å². The van der Waals surface area contributed by atoms with Crippen molar-refractivity contribution in [1.82, 2.24) is 0 Å². The van der Waals surface area contributed by atoms with Crippen molar-refractivity contribution in [2.75, 3.05) is 0 Å². The van der Waals surface area contributed by atoms with Gasteiger partial charge in [0.1, 0.15) is 0 Å². The van der Waals surface area contributed by atoms with Crippen LogP contribution in [0.1, 0.15) is 15.9 Å². The first-order valence-electron chi connectivity index (χ1n) is 4.14. The quantitative estimate of drug-likeness (QED) is 0.328. The molecule has 2 heterocycles. The predicted octanol–water partition coefficient (Wildman–Crippen LogP) is 3.90. The molecule has 0 unspecified atom stereocenters. The monoisotopic (exact) mass is 604 g/mol. The molecule has 0 amide bonds. The Morgan fingerprint density at radius 3 is 1.75 bits per heavy atom. The van der Waals surface area contributed by atoms with E-state index in [0.29, 0.717) is 29.0 Å². The zero-order valence-corrected chi connectivity index (χ0v) is 16.8. The molecule has 2 aromatic heterocycles. The van der Waals surface area contributed by atoms with Crippen LogP contribution in [0.3, 0.4) is 0 Å². The van der Waals surface area contributed by atoms with Gasteiger partial charge in [0.15, 0.2) is 0 Å². The minimum atomic E-state index is 0.273. The van der Waals surface area contributed by atoms with Crippen molar-refractivity contribution in [3.05, 3.63) is 23.3 Å².